The fourth-order valence-corrected chi connectivity index (χ4v) is 4.40. The maximum absolute atomic E-state index is 12.7. The van der Waals surface area contributed by atoms with Gasteiger partial charge in [0.1, 0.15) is 5.76 Å². The summed E-state index contributed by atoms with van der Waals surface area (Å²) in [6, 6.07) is 4.04. The molecule has 4 nitrogen and oxygen atoms in total. The summed E-state index contributed by atoms with van der Waals surface area (Å²) in [6.07, 6.45) is 10.1. The normalized spacial score (nSPS) is 24.0. The molecule has 1 aromatic rings. The third kappa shape index (κ3) is 4.88. The summed E-state index contributed by atoms with van der Waals surface area (Å²) in [6.45, 7) is 4.26. The smallest absolute Gasteiger partial charge is 0.247 e. The van der Waals surface area contributed by atoms with E-state index in [2.05, 4.69) is 9.80 Å². The quantitative estimate of drug-likeness (QED) is 0.793. The van der Waals surface area contributed by atoms with Crippen LogP contribution in [-0.4, -0.2) is 59.4 Å². The Morgan fingerprint density at radius 2 is 2.13 bits per heavy atom. The van der Waals surface area contributed by atoms with E-state index in [4.69, 9.17) is 4.42 Å². The highest BCUT2D eigenvalue weighted by atomic mass is 32.2. The molecule has 0 N–H and O–H groups in total. The first-order chi connectivity index (χ1) is 11.3. The standard InChI is InChI=1S/C18H26N2O2S/c21-18(8-7-17-6-4-12-22-17)20-11-5-13-23-15-16(20)14-19-9-2-1-3-10-19/h4,6-8,12,16H,1-3,5,9-11,13-15H2/b8-7+. The van der Waals surface area contributed by atoms with Crippen LogP contribution < -0.4 is 0 Å². The van der Waals surface area contributed by atoms with Crippen molar-refractivity contribution in [3.05, 3.63) is 30.2 Å². The summed E-state index contributed by atoms with van der Waals surface area (Å²) >= 11 is 1.99. The molecule has 1 aromatic heterocycles. The Balaban J connectivity index is 1.63. The van der Waals surface area contributed by atoms with Crippen molar-refractivity contribution in [1.29, 1.82) is 0 Å². The lowest BCUT2D eigenvalue weighted by Gasteiger charge is -2.35. The highest BCUT2D eigenvalue weighted by molar-refractivity contribution is 7.99. The number of piperidine rings is 1. The molecule has 1 unspecified atom stereocenters. The van der Waals surface area contributed by atoms with E-state index in [0.29, 0.717) is 6.04 Å². The van der Waals surface area contributed by atoms with Gasteiger partial charge in [0.05, 0.1) is 12.3 Å². The van der Waals surface area contributed by atoms with E-state index in [1.807, 2.05) is 23.9 Å². The van der Waals surface area contributed by atoms with Gasteiger partial charge >= 0.3 is 0 Å². The van der Waals surface area contributed by atoms with Gasteiger partial charge < -0.3 is 14.2 Å². The monoisotopic (exact) mass is 334 g/mol. The topological polar surface area (TPSA) is 36.7 Å². The molecule has 3 heterocycles. The third-order valence-corrected chi connectivity index (χ3v) is 5.77. The second kappa shape index (κ2) is 8.60. The predicted molar refractivity (Wildman–Crippen MR) is 95.5 cm³/mol. The van der Waals surface area contributed by atoms with Crippen LogP contribution in [0.15, 0.2) is 28.9 Å². The zero-order valence-electron chi connectivity index (χ0n) is 13.7. The Labute approximate surface area is 142 Å². The van der Waals surface area contributed by atoms with Crippen LogP contribution in [0.4, 0.5) is 0 Å². The highest BCUT2D eigenvalue weighted by Gasteiger charge is 2.26. The Morgan fingerprint density at radius 3 is 2.91 bits per heavy atom. The first-order valence-corrected chi connectivity index (χ1v) is 9.81. The van der Waals surface area contributed by atoms with Gasteiger partial charge in [-0.3, -0.25) is 4.79 Å². The number of thioether (sulfide) groups is 1. The first-order valence-electron chi connectivity index (χ1n) is 8.65. The number of carbonyl (C=O) groups excluding carboxylic acids is 1. The summed E-state index contributed by atoms with van der Waals surface area (Å²) in [5.74, 6) is 3.06. The number of hydrogen-bond donors (Lipinski definition) is 0. The maximum atomic E-state index is 12.7. The van der Waals surface area contributed by atoms with Crippen molar-refractivity contribution in [2.24, 2.45) is 0 Å². The van der Waals surface area contributed by atoms with Gasteiger partial charge in [0.25, 0.3) is 0 Å². The number of furan rings is 1. The SMILES string of the molecule is O=C(/C=C/c1ccco1)N1CCCSCC1CN1CCCCC1. The number of carbonyl (C=O) groups is 1. The second-order valence-electron chi connectivity index (χ2n) is 6.32. The van der Waals surface area contributed by atoms with Crippen molar-refractivity contribution < 1.29 is 9.21 Å². The molecule has 0 bridgehead atoms. The summed E-state index contributed by atoms with van der Waals surface area (Å²) < 4.78 is 5.27. The Kier molecular flexibility index (Phi) is 6.22. The fraction of sp³-hybridized carbons (Fsp3) is 0.611. The molecule has 5 heteroatoms. The molecule has 0 saturated carbocycles. The van der Waals surface area contributed by atoms with E-state index in [0.717, 1.165) is 36.8 Å². The molecular formula is C18H26N2O2S. The minimum absolute atomic E-state index is 0.117. The van der Waals surface area contributed by atoms with Crippen molar-refractivity contribution in [2.45, 2.75) is 31.7 Å². The fourth-order valence-electron chi connectivity index (χ4n) is 3.35. The van der Waals surface area contributed by atoms with Gasteiger partial charge in [0.2, 0.25) is 5.91 Å². The molecule has 2 fully saturated rings. The molecule has 23 heavy (non-hydrogen) atoms. The molecule has 0 aliphatic carbocycles. The molecule has 0 spiro atoms. The van der Waals surface area contributed by atoms with E-state index in [-0.39, 0.29) is 5.91 Å². The van der Waals surface area contributed by atoms with Gasteiger partial charge in [0.15, 0.2) is 0 Å². The lowest BCUT2D eigenvalue weighted by molar-refractivity contribution is -0.128. The van der Waals surface area contributed by atoms with E-state index in [1.54, 1.807) is 18.4 Å². The Morgan fingerprint density at radius 1 is 1.26 bits per heavy atom. The van der Waals surface area contributed by atoms with Crippen molar-refractivity contribution in [3.8, 4) is 0 Å². The first kappa shape index (κ1) is 16.7. The van der Waals surface area contributed by atoms with E-state index in [1.165, 1.54) is 32.4 Å². The lowest BCUT2D eigenvalue weighted by atomic mass is 10.1. The minimum atomic E-state index is 0.117. The number of likely N-dealkylation sites (tertiary alicyclic amines) is 1. The second-order valence-corrected chi connectivity index (χ2v) is 7.47. The van der Waals surface area contributed by atoms with Crippen LogP contribution in [0.1, 0.15) is 31.4 Å². The van der Waals surface area contributed by atoms with Crippen LogP contribution in [-0.2, 0) is 4.79 Å². The molecule has 2 saturated heterocycles. The van der Waals surface area contributed by atoms with Gasteiger partial charge in [-0.2, -0.15) is 11.8 Å². The van der Waals surface area contributed by atoms with E-state index < -0.39 is 0 Å². The van der Waals surface area contributed by atoms with Gasteiger partial charge in [-0.1, -0.05) is 6.42 Å². The average molecular weight is 334 g/mol. The zero-order chi connectivity index (χ0) is 15.9. The minimum Gasteiger partial charge on any atom is -0.465 e. The molecule has 0 aromatic carbocycles. The van der Waals surface area contributed by atoms with E-state index >= 15 is 0 Å². The van der Waals surface area contributed by atoms with Crippen LogP contribution in [0, 0.1) is 0 Å². The number of hydrogen-bond acceptors (Lipinski definition) is 4. The third-order valence-electron chi connectivity index (χ3n) is 4.57. The zero-order valence-corrected chi connectivity index (χ0v) is 14.5. The molecule has 2 aliphatic rings. The number of rotatable bonds is 4. The summed E-state index contributed by atoms with van der Waals surface area (Å²) in [5.41, 5.74) is 0. The largest absolute Gasteiger partial charge is 0.465 e. The molecule has 126 valence electrons. The predicted octanol–water partition coefficient (Wildman–Crippen LogP) is 3.11. The molecule has 1 atom stereocenters. The molecule has 3 rings (SSSR count). The molecule has 2 aliphatic heterocycles. The van der Waals surface area contributed by atoms with Gasteiger partial charge in [-0.05, 0) is 56.3 Å². The number of nitrogens with zero attached hydrogens (tertiary/aromatic N) is 2. The van der Waals surface area contributed by atoms with Crippen molar-refractivity contribution in [1.82, 2.24) is 9.80 Å². The van der Waals surface area contributed by atoms with Crippen LogP contribution in [0.5, 0.6) is 0 Å². The molecular weight excluding hydrogens is 308 g/mol. The lowest BCUT2D eigenvalue weighted by Crippen LogP contribution is -2.48. The van der Waals surface area contributed by atoms with E-state index in [9.17, 15) is 4.79 Å². The maximum Gasteiger partial charge on any atom is 0.247 e. The summed E-state index contributed by atoms with van der Waals surface area (Å²) in [5, 5.41) is 0. The summed E-state index contributed by atoms with van der Waals surface area (Å²) in [4.78, 5) is 17.3. The summed E-state index contributed by atoms with van der Waals surface area (Å²) in [7, 11) is 0. The number of amides is 1. The molecule has 0 radical (unpaired) electrons. The van der Waals surface area contributed by atoms with Crippen molar-refractivity contribution in [2.75, 3.05) is 37.7 Å². The van der Waals surface area contributed by atoms with Gasteiger partial charge in [0, 0.05) is 24.9 Å². The average Bonchev–Trinajstić information content (AvgIpc) is 2.99. The van der Waals surface area contributed by atoms with Crippen molar-refractivity contribution >= 4 is 23.7 Å². The Hall–Kier alpha value is -1.20. The van der Waals surface area contributed by atoms with Crippen LogP contribution in [0.2, 0.25) is 0 Å². The van der Waals surface area contributed by atoms with Gasteiger partial charge in [-0.15, -0.1) is 0 Å². The Bertz CT molecular complexity index is 509. The molecule has 1 amide bonds. The van der Waals surface area contributed by atoms with Crippen LogP contribution in [0.3, 0.4) is 0 Å². The van der Waals surface area contributed by atoms with Gasteiger partial charge in [-0.25, -0.2) is 0 Å². The van der Waals surface area contributed by atoms with Crippen molar-refractivity contribution in [3.63, 3.8) is 0 Å². The van der Waals surface area contributed by atoms with Crippen LogP contribution in [0.25, 0.3) is 6.08 Å². The highest BCUT2D eigenvalue weighted by Crippen LogP contribution is 2.20. The van der Waals surface area contributed by atoms with Crippen LogP contribution >= 0.6 is 11.8 Å².